The van der Waals surface area contributed by atoms with E-state index in [1.165, 1.54) is 31.4 Å². The molecule has 0 aliphatic rings. The van der Waals surface area contributed by atoms with Gasteiger partial charge < -0.3 is 10.1 Å². The lowest BCUT2D eigenvalue weighted by Crippen LogP contribution is -2.45. The van der Waals surface area contributed by atoms with E-state index in [1.54, 1.807) is 36.4 Å². The number of carbonyl (C=O) groups is 1. The van der Waals surface area contributed by atoms with Crippen molar-refractivity contribution in [3.63, 3.8) is 0 Å². The van der Waals surface area contributed by atoms with Crippen molar-refractivity contribution in [2.75, 3.05) is 12.4 Å². The molecule has 0 bridgehead atoms. The summed E-state index contributed by atoms with van der Waals surface area (Å²) in [5.74, 6) is -0.620. The molecule has 0 saturated heterocycles. The summed E-state index contributed by atoms with van der Waals surface area (Å²) in [5, 5.41) is 13.8. The van der Waals surface area contributed by atoms with Crippen molar-refractivity contribution in [3.8, 4) is 5.75 Å². The highest BCUT2D eigenvalue weighted by Gasteiger charge is 2.27. The largest absolute Gasteiger partial charge is 0.490 e. The van der Waals surface area contributed by atoms with Gasteiger partial charge in [-0.15, -0.1) is 0 Å². The molecule has 2 N–H and O–H groups in total. The summed E-state index contributed by atoms with van der Waals surface area (Å²) < 4.78 is 34.2. The molecule has 0 spiro atoms. The lowest BCUT2D eigenvalue weighted by atomic mass is 10.1. The number of nitrogens with zero attached hydrogens (tertiary/aromatic N) is 1. The van der Waals surface area contributed by atoms with E-state index in [-0.39, 0.29) is 28.4 Å². The van der Waals surface area contributed by atoms with Crippen molar-refractivity contribution < 1.29 is 22.9 Å². The van der Waals surface area contributed by atoms with Gasteiger partial charge in [0.15, 0.2) is 5.75 Å². The molecule has 0 unspecified atom stereocenters. The van der Waals surface area contributed by atoms with E-state index in [1.807, 2.05) is 6.07 Å². The first kappa shape index (κ1) is 24.6. The van der Waals surface area contributed by atoms with Crippen LogP contribution in [-0.4, -0.2) is 32.4 Å². The van der Waals surface area contributed by atoms with Crippen LogP contribution in [0, 0.1) is 13.7 Å². The first-order chi connectivity index (χ1) is 15.7. The fraction of sp³-hybridized carbons (Fsp3) is 0.136. The van der Waals surface area contributed by atoms with Crippen LogP contribution in [0.25, 0.3) is 0 Å². The SMILES string of the molecule is COc1ccc(NC(=O)[C@@H](Cc2ccccc2)NS(=O)(=O)c2ccc(I)cc2)cc1[N+](=O)[O-]. The molecule has 0 fully saturated rings. The highest BCUT2D eigenvalue weighted by atomic mass is 127. The Balaban J connectivity index is 1.89. The number of carbonyl (C=O) groups excluding carboxylic acids is 1. The van der Waals surface area contributed by atoms with Crippen LogP contribution in [-0.2, 0) is 21.2 Å². The minimum absolute atomic E-state index is 0.0221. The fourth-order valence-corrected chi connectivity index (χ4v) is 4.60. The van der Waals surface area contributed by atoms with Gasteiger partial charge in [-0.2, -0.15) is 4.72 Å². The van der Waals surface area contributed by atoms with Gasteiger partial charge in [0.2, 0.25) is 15.9 Å². The van der Waals surface area contributed by atoms with Crippen molar-refractivity contribution >= 4 is 49.9 Å². The van der Waals surface area contributed by atoms with Crippen LogP contribution >= 0.6 is 22.6 Å². The Kier molecular flexibility index (Phi) is 8.00. The molecule has 0 aliphatic carbocycles. The number of benzene rings is 3. The molecule has 1 atom stereocenters. The van der Waals surface area contributed by atoms with E-state index in [9.17, 15) is 23.3 Å². The Morgan fingerprint density at radius 2 is 1.76 bits per heavy atom. The molecule has 3 aromatic carbocycles. The second-order valence-electron chi connectivity index (χ2n) is 6.95. The highest BCUT2D eigenvalue weighted by Crippen LogP contribution is 2.29. The molecule has 33 heavy (non-hydrogen) atoms. The van der Waals surface area contributed by atoms with Gasteiger partial charge in [-0.3, -0.25) is 14.9 Å². The number of ether oxygens (including phenoxy) is 1. The summed E-state index contributed by atoms with van der Waals surface area (Å²) in [6.07, 6.45) is 0.0779. The molecule has 172 valence electrons. The maximum atomic E-state index is 13.1. The number of nitro benzene ring substituents is 1. The topological polar surface area (TPSA) is 128 Å². The number of sulfonamides is 1. The summed E-state index contributed by atoms with van der Waals surface area (Å²) in [7, 11) is -2.71. The van der Waals surface area contributed by atoms with Gasteiger partial charge in [0.05, 0.1) is 16.9 Å². The van der Waals surface area contributed by atoms with Crippen LogP contribution in [0.5, 0.6) is 5.75 Å². The van der Waals surface area contributed by atoms with Gasteiger partial charge >= 0.3 is 5.69 Å². The van der Waals surface area contributed by atoms with E-state index in [2.05, 4.69) is 32.6 Å². The molecule has 0 radical (unpaired) electrons. The van der Waals surface area contributed by atoms with Gasteiger partial charge in [-0.25, -0.2) is 8.42 Å². The molecule has 0 saturated carbocycles. The molecule has 0 aromatic heterocycles. The molecule has 11 heteroatoms. The summed E-state index contributed by atoms with van der Waals surface area (Å²) in [6, 6.07) is 17.9. The Bertz CT molecular complexity index is 1250. The lowest BCUT2D eigenvalue weighted by Gasteiger charge is -2.19. The van der Waals surface area contributed by atoms with Crippen molar-refractivity contribution in [2.24, 2.45) is 0 Å². The third-order valence-electron chi connectivity index (χ3n) is 4.66. The van der Waals surface area contributed by atoms with Crippen LogP contribution in [0.4, 0.5) is 11.4 Å². The highest BCUT2D eigenvalue weighted by molar-refractivity contribution is 14.1. The summed E-state index contributed by atoms with van der Waals surface area (Å²) >= 11 is 2.06. The van der Waals surface area contributed by atoms with Crippen molar-refractivity contribution in [1.82, 2.24) is 4.72 Å². The zero-order valence-corrected chi connectivity index (χ0v) is 20.4. The summed E-state index contributed by atoms with van der Waals surface area (Å²) in [5.41, 5.74) is 0.553. The fourth-order valence-electron chi connectivity index (χ4n) is 3.05. The minimum Gasteiger partial charge on any atom is -0.490 e. The van der Waals surface area contributed by atoms with Gasteiger partial charge in [-0.05, 0) is 71.0 Å². The van der Waals surface area contributed by atoms with E-state index in [0.717, 1.165) is 15.2 Å². The number of hydrogen-bond acceptors (Lipinski definition) is 6. The summed E-state index contributed by atoms with van der Waals surface area (Å²) in [6.45, 7) is 0. The van der Waals surface area contributed by atoms with Gasteiger partial charge in [0.25, 0.3) is 0 Å². The molecule has 0 heterocycles. The quantitative estimate of drug-likeness (QED) is 0.225. The van der Waals surface area contributed by atoms with Gasteiger partial charge in [-0.1, -0.05) is 30.3 Å². The number of hydrogen-bond donors (Lipinski definition) is 2. The van der Waals surface area contributed by atoms with Gasteiger partial charge in [0.1, 0.15) is 6.04 Å². The van der Waals surface area contributed by atoms with Crippen LogP contribution < -0.4 is 14.8 Å². The Morgan fingerprint density at radius 1 is 1.09 bits per heavy atom. The van der Waals surface area contributed by atoms with E-state index >= 15 is 0 Å². The standard InChI is InChI=1S/C22H20IN3O6S/c1-32-21-12-9-17(14-20(21)26(28)29)24-22(27)19(13-15-5-3-2-4-6-15)25-33(30,31)18-10-7-16(23)8-11-18/h2-12,14,19,25H,13H2,1H3,(H,24,27)/t19-/m1/s1. The normalized spacial score (nSPS) is 12.1. The number of rotatable bonds is 9. The molecular formula is C22H20IN3O6S. The number of methoxy groups -OCH3 is 1. The van der Waals surface area contributed by atoms with Crippen LogP contribution in [0.15, 0.2) is 77.7 Å². The number of halogens is 1. The van der Waals surface area contributed by atoms with Crippen molar-refractivity contribution in [2.45, 2.75) is 17.4 Å². The average molecular weight is 581 g/mol. The molecule has 0 aliphatic heterocycles. The predicted octanol–water partition coefficient (Wildman–Crippen LogP) is 3.74. The van der Waals surface area contributed by atoms with E-state index < -0.39 is 26.9 Å². The third kappa shape index (κ3) is 6.49. The van der Waals surface area contributed by atoms with Crippen LogP contribution in [0.2, 0.25) is 0 Å². The Labute approximate surface area is 204 Å². The minimum atomic E-state index is -4.01. The Morgan fingerprint density at radius 3 is 2.36 bits per heavy atom. The first-order valence-corrected chi connectivity index (χ1v) is 12.2. The number of amides is 1. The van der Waals surface area contributed by atoms with Gasteiger partial charge in [0, 0.05) is 15.3 Å². The van der Waals surface area contributed by atoms with Crippen LogP contribution in [0.1, 0.15) is 5.56 Å². The third-order valence-corrected chi connectivity index (χ3v) is 6.87. The monoisotopic (exact) mass is 581 g/mol. The smallest absolute Gasteiger partial charge is 0.312 e. The second-order valence-corrected chi connectivity index (χ2v) is 9.91. The van der Waals surface area contributed by atoms with E-state index in [0.29, 0.717) is 0 Å². The maximum Gasteiger partial charge on any atom is 0.312 e. The number of nitro groups is 1. The zero-order chi connectivity index (χ0) is 24.0. The average Bonchev–Trinajstić information content (AvgIpc) is 2.79. The molecule has 3 aromatic rings. The zero-order valence-electron chi connectivity index (χ0n) is 17.4. The van der Waals surface area contributed by atoms with Crippen LogP contribution in [0.3, 0.4) is 0 Å². The first-order valence-electron chi connectivity index (χ1n) is 9.65. The van der Waals surface area contributed by atoms with Crippen molar-refractivity contribution in [3.05, 3.63) is 92.0 Å². The van der Waals surface area contributed by atoms with Crippen molar-refractivity contribution in [1.29, 1.82) is 0 Å². The summed E-state index contributed by atoms with van der Waals surface area (Å²) in [4.78, 5) is 23.8. The maximum absolute atomic E-state index is 13.1. The predicted molar refractivity (Wildman–Crippen MR) is 132 cm³/mol. The molecule has 9 nitrogen and oxygen atoms in total. The molecule has 3 rings (SSSR count). The Hall–Kier alpha value is -3.03. The van der Waals surface area contributed by atoms with E-state index in [4.69, 9.17) is 4.74 Å². The molecule has 1 amide bonds. The second kappa shape index (κ2) is 10.7. The molecular weight excluding hydrogens is 561 g/mol. The lowest BCUT2D eigenvalue weighted by molar-refractivity contribution is -0.385. The number of nitrogens with one attached hydrogen (secondary N) is 2. The number of anilines is 1.